The van der Waals surface area contributed by atoms with E-state index in [2.05, 4.69) is 10.4 Å². The van der Waals surface area contributed by atoms with Crippen molar-refractivity contribution in [2.75, 3.05) is 11.1 Å². The summed E-state index contributed by atoms with van der Waals surface area (Å²) >= 11 is 5.86. The van der Waals surface area contributed by atoms with Crippen molar-refractivity contribution in [2.24, 2.45) is 0 Å². The minimum Gasteiger partial charge on any atom is -0.506 e. The van der Waals surface area contributed by atoms with Crippen molar-refractivity contribution in [3.63, 3.8) is 0 Å². The topological polar surface area (TPSA) is 101 Å². The molecule has 3 rings (SSSR count). The molecule has 29 heavy (non-hydrogen) atoms. The molecule has 0 unspecified atom stereocenters. The van der Waals surface area contributed by atoms with E-state index in [1.54, 1.807) is 0 Å². The van der Waals surface area contributed by atoms with E-state index >= 15 is 0 Å². The summed E-state index contributed by atoms with van der Waals surface area (Å²) in [5.41, 5.74) is -1.29. The van der Waals surface area contributed by atoms with Crippen LogP contribution in [0.5, 0.6) is 5.75 Å². The summed E-state index contributed by atoms with van der Waals surface area (Å²) in [6, 6.07) is 3.39. The molecular formula is C17H17ClF3N3O4S. The lowest BCUT2D eigenvalue weighted by atomic mass is 10.2. The number of alkyl halides is 3. The standard InChI is InChI=1S/C17H17ClF3N3O4S/c1-2-29(27,28)10-5-6-12(25)11(7-10)22-13(26)8-24-15(9-3-4-9)14(18)16(23-24)17(19,20)21/h5-7,9,25H,2-4,8H2,1H3,(H,22,26). The van der Waals surface area contributed by atoms with Crippen LogP contribution in [0.15, 0.2) is 23.1 Å². The number of aromatic nitrogens is 2. The number of amides is 1. The van der Waals surface area contributed by atoms with E-state index in [0.717, 1.165) is 16.8 Å². The highest BCUT2D eigenvalue weighted by molar-refractivity contribution is 7.91. The van der Waals surface area contributed by atoms with Gasteiger partial charge >= 0.3 is 6.18 Å². The van der Waals surface area contributed by atoms with Gasteiger partial charge in [0.1, 0.15) is 12.3 Å². The number of anilines is 1. The van der Waals surface area contributed by atoms with Crippen molar-refractivity contribution in [1.82, 2.24) is 9.78 Å². The second-order valence-electron chi connectivity index (χ2n) is 6.61. The fourth-order valence-corrected chi connectivity index (χ4v) is 4.11. The van der Waals surface area contributed by atoms with Gasteiger partial charge in [0.15, 0.2) is 15.5 Å². The van der Waals surface area contributed by atoms with Gasteiger partial charge in [0, 0.05) is 5.92 Å². The highest BCUT2D eigenvalue weighted by Crippen LogP contribution is 2.46. The van der Waals surface area contributed by atoms with E-state index in [9.17, 15) is 31.5 Å². The molecule has 158 valence electrons. The first kappa shape index (κ1) is 21.4. The Kier molecular flexibility index (Phi) is 5.56. The molecule has 1 amide bonds. The van der Waals surface area contributed by atoms with E-state index in [4.69, 9.17) is 11.6 Å². The third-order valence-corrected chi connectivity index (χ3v) is 6.54. The molecule has 0 radical (unpaired) electrons. The van der Waals surface area contributed by atoms with Gasteiger partial charge in [-0.1, -0.05) is 18.5 Å². The van der Waals surface area contributed by atoms with Crippen LogP contribution in [0.25, 0.3) is 0 Å². The number of aromatic hydroxyl groups is 1. The van der Waals surface area contributed by atoms with Crippen molar-refractivity contribution in [3.8, 4) is 5.75 Å². The number of hydrogen-bond donors (Lipinski definition) is 2. The molecule has 1 aliphatic carbocycles. The number of nitrogens with zero attached hydrogens (tertiary/aromatic N) is 2. The maximum Gasteiger partial charge on any atom is 0.436 e. The highest BCUT2D eigenvalue weighted by Gasteiger charge is 2.42. The molecule has 0 spiro atoms. The number of sulfone groups is 1. The molecule has 1 aliphatic rings. The summed E-state index contributed by atoms with van der Waals surface area (Å²) < 4.78 is 64.2. The monoisotopic (exact) mass is 451 g/mol. The average molecular weight is 452 g/mol. The van der Waals surface area contributed by atoms with Gasteiger partial charge in [-0.15, -0.1) is 0 Å². The molecule has 1 aromatic carbocycles. The molecular weight excluding hydrogens is 435 g/mol. The third kappa shape index (κ3) is 4.50. The fourth-order valence-electron chi connectivity index (χ4n) is 2.80. The van der Waals surface area contributed by atoms with Gasteiger partial charge in [-0.2, -0.15) is 18.3 Å². The van der Waals surface area contributed by atoms with E-state index in [-0.39, 0.29) is 33.7 Å². The number of halogens is 4. The first-order valence-corrected chi connectivity index (χ1v) is 10.7. The summed E-state index contributed by atoms with van der Waals surface area (Å²) in [5.74, 6) is -1.56. The second-order valence-corrected chi connectivity index (χ2v) is 9.26. The molecule has 0 aliphatic heterocycles. The average Bonchev–Trinajstić information content (AvgIpc) is 3.39. The normalized spacial score (nSPS) is 14.8. The first-order valence-electron chi connectivity index (χ1n) is 8.63. The van der Waals surface area contributed by atoms with Gasteiger partial charge < -0.3 is 10.4 Å². The predicted octanol–water partition coefficient (Wildman–Crippen LogP) is 3.57. The van der Waals surface area contributed by atoms with Crippen molar-refractivity contribution < 1.29 is 31.5 Å². The zero-order valence-corrected chi connectivity index (χ0v) is 16.7. The summed E-state index contributed by atoms with van der Waals surface area (Å²) in [5, 5.41) is 15.1. The SMILES string of the molecule is CCS(=O)(=O)c1ccc(O)c(NC(=O)Cn2nc(C(F)(F)F)c(Cl)c2C2CC2)c1. The Labute approximate surface area is 169 Å². The van der Waals surface area contributed by atoms with Gasteiger partial charge in [-0.25, -0.2) is 8.42 Å². The van der Waals surface area contributed by atoms with Crippen LogP contribution < -0.4 is 5.32 Å². The Morgan fingerprint density at radius 1 is 1.38 bits per heavy atom. The van der Waals surface area contributed by atoms with Gasteiger partial charge in [0.05, 0.1) is 27.1 Å². The zero-order chi connectivity index (χ0) is 21.6. The Morgan fingerprint density at radius 3 is 2.59 bits per heavy atom. The van der Waals surface area contributed by atoms with Crippen molar-refractivity contribution >= 4 is 33.0 Å². The molecule has 1 fully saturated rings. The minimum atomic E-state index is -4.76. The predicted molar refractivity (Wildman–Crippen MR) is 98.7 cm³/mol. The minimum absolute atomic E-state index is 0.103. The van der Waals surface area contributed by atoms with Gasteiger partial charge in [-0.05, 0) is 31.0 Å². The van der Waals surface area contributed by atoms with E-state index in [0.29, 0.717) is 12.8 Å². The number of carbonyl (C=O) groups is 1. The van der Waals surface area contributed by atoms with Crippen LogP contribution in [-0.4, -0.2) is 35.0 Å². The molecule has 0 saturated heterocycles. The van der Waals surface area contributed by atoms with E-state index in [1.165, 1.54) is 13.0 Å². The van der Waals surface area contributed by atoms with Crippen LogP contribution in [0.3, 0.4) is 0 Å². The molecule has 1 aromatic heterocycles. The zero-order valence-electron chi connectivity index (χ0n) is 15.1. The van der Waals surface area contributed by atoms with Gasteiger partial charge in [0.2, 0.25) is 5.91 Å². The molecule has 1 heterocycles. The fraction of sp³-hybridized carbons (Fsp3) is 0.412. The van der Waals surface area contributed by atoms with Gasteiger partial charge in [-0.3, -0.25) is 9.48 Å². The first-order chi connectivity index (χ1) is 13.4. The number of phenolic OH excluding ortho intramolecular Hbond substituents is 1. The number of benzene rings is 1. The van der Waals surface area contributed by atoms with E-state index in [1.807, 2.05) is 0 Å². The lowest BCUT2D eigenvalue weighted by Gasteiger charge is -2.11. The smallest absolute Gasteiger partial charge is 0.436 e. The third-order valence-electron chi connectivity index (χ3n) is 4.44. The molecule has 2 N–H and O–H groups in total. The van der Waals surface area contributed by atoms with Crippen LogP contribution in [0.2, 0.25) is 5.02 Å². The van der Waals surface area contributed by atoms with Gasteiger partial charge in [0.25, 0.3) is 0 Å². The number of carbonyl (C=O) groups excluding carboxylic acids is 1. The number of phenols is 1. The second kappa shape index (κ2) is 7.52. The Hall–Kier alpha value is -2.27. The molecule has 7 nitrogen and oxygen atoms in total. The largest absolute Gasteiger partial charge is 0.506 e. The quantitative estimate of drug-likeness (QED) is 0.654. The Balaban J connectivity index is 1.86. The Bertz CT molecular complexity index is 1060. The summed E-state index contributed by atoms with van der Waals surface area (Å²) in [4.78, 5) is 12.3. The number of nitrogens with one attached hydrogen (secondary N) is 1. The van der Waals surface area contributed by atoms with Crippen LogP contribution in [0.4, 0.5) is 18.9 Å². The van der Waals surface area contributed by atoms with Crippen molar-refractivity contribution in [3.05, 3.63) is 34.6 Å². The molecule has 2 aromatic rings. The molecule has 0 bridgehead atoms. The molecule has 12 heteroatoms. The lowest BCUT2D eigenvalue weighted by Crippen LogP contribution is -2.21. The van der Waals surface area contributed by atoms with Crippen LogP contribution in [-0.2, 0) is 27.4 Å². The lowest BCUT2D eigenvalue weighted by molar-refractivity contribution is -0.141. The Morgan fingerprint density at radius 2 is 2.03 bits per heavy atom. The number of rotatable bonds is 6. The van der Waals surface area contributed by atoms with Crippen molar-refractivity contribution in [2.45, 2.75) is 43.3 Å². The summed E-state index contributed by atoms with van der Waals surface area (Å²) in [6.45, 7) is 0.866. The summed E-state index contributed by atoms with van der Waals surface area (Å²) in [7, 11) is -3.58. The highest BCUT2D eigenvalue weighted by atomic mass is 35.5. The molecule has 1 saturated carbocycles. The maximum atomic E-state index is 13.1. The van der Waals surface area contributed by atoms with Crippen LogP contribution in [0, 0.1) is 0 Å². The van der Waals surface area contributed by atoms with Crippen LogP contribution >= 0.6 is 11.6 Å². The maximum absolute atomic E-state index is 13.1. The van der Waals surface area contributed by atoms with Crippen molar-refractivity contribution in [1.29, 1.82) is 0 Å². The number of hydrogen-bond acceptors (Lipinski definition) is 5. The van der Waals surface area contributed by atoms with Crippen LogP contribution in [0.1, 0.15) is 37.1 Å². The summed E-state index contributed by atoms with van der Waals surface area (Å²) in [6.07, 6.45) is -3.48. The molecule has 0 atom stereocenters. The van der Waals surface area contributed by atoms with E-state index < -0.39 is 39.2 Å².